The number of fused-ring (bicyclic) bond motifs is 2. The molecule has 30 heavy (non-hydrogen) atoms. The fourth-order valence-corrected chi connectivity index (χ4v) is 3.71. The van der Waals surface area contributed by atoms with Crippen LogP contribution in [-0.2, 0) is 4.79 Å². The highest BCUT2D eigenvalue weighted by Gasteiger charge is 2.44. The molecule has 2 aromatic heterocycles. The molecule has 1 amide bonds. The number of benzene rings is 1. The van der Waals surface area contributed by atoms with E-state index in [0.29, 0.717) is 28.0 Å². The highest BCUT2D eigenvalue weighted by Crippen LogP contribution is 2.47. The molecule has 4 N–H and O–H groups in total. The summed E-state index contributed by atoms with van der Waals surface area (Å²) in [5.41, 5.74) is 8.11. The summed E-state index contributed by atoms with van der Waals surface area (Å²) >= 11 is 0. The first kappa shape index (κ1) is 18.8. The van der Waals surface area contributed by atoms with Gasteiger partial charge in [0.15, 0.2) is 11.5 Å². The van der Waals surface area contributed by atoms with E-state index in [1.54, 1.807) is 30.5 Å². The number of alkyl halides is 2. The van der Waals surface area contributed by atoms with Gasteiger partial charge in [0.05, 0.1) is 17.6 Å². The first-order chi connectivity index (χ1) is 14.3. The standard InChI is InChI=1S/C20H19F2N5O3/c1-9-10(2)26-27-16(9)19(28)24-12-6-11-7-14(25-18(11)23-8-12)13-4-3-5-15-17(13)30-20(21,22)29-15/h3-10,16,26-27H,1-2H3,(H,23,25)(H,24,28). The topological polar surface area (TPSA) is 100 Å². The molecule has 0 spiro atoms. The van der Waals surface area contributed by atoms with Gasteiger partial charge in [-0.15, -0.1) is 8.78 Å². The minimum atomic E-state index is -3.70. The minimum absolute atomic E-state index is 0.0295. The van der Waals surface area contributed by atoms with Crippen molar-refractivity contribution in [3.05, 3.63) is 36.5 Å². The summed E-state index contributed by atoms with van der Waals surface area (Å²) in [4.78, 5) is 20.0. The number of halogens is 2. The number of amides is 1. The summed E-state index contributed by atoms with van der Waals surface area (Å²) in [6, 6.07) is 8.02. The maximum Gasteiger partial charge on any atom is 0.586 e. The molecule has 2 aliphatic heterocycles. The Hall–Kier alpha value is -3.24. The number of nitrogens with one attached hydrogen (secondary N) is 4. The number of para-hydroxylation sites is 1. The van der Waals surface area contributed by atoms with Gasteiger partial charge < -0.3 is 19.8 Å². The predicted octanol–water partition coefficient (Wildman–Crippen LogP) is 2.99. The lowest BCUT2D eigenvalue weighted by Gasteiger charge is -2.15. The number of anilines is 1. The Kier molecular flexibility index (Phi) is 4.16. The van der Waals surface area contributed by atoms with Crippen molar-refractivity contribution in [2.45, 2.75) is 32.2 Å². The summed E-state index contributed by atoms with van der Waals surface area (Å²) in [6.07, 6.45) is -2.15. The van der Waals surface area contributed by atoms with Crippen molar-refractivity contribution in [1.29, 1.82) is 0 Å². The molecule has 5 rings (SSSR count). The quantitative estimate of drug-likeness (QED) is 0.525. The van der Waals surface area contributed by atoms with Gasteiger partial charge in [0.25, 0.3) is 0 Å². The Bertz CT molecular complexity index is 1150. The molecule has 3 unspecified atom stereocenters. The summed E-state index contributed by atoms with van der Waals surface area (Å²) in [7, 11) is 0. The summed E-state index contributed by atoms with van der Waals surface area (Å²) in [5, 5.41) is 3.58. The van der Waals surface area contributed by atoms with Crippen LogP contribution in [0.15, 0.2) is 36.5 Å². The van der Waals surface area contributed by atoms with E-state index in [4.69, 9.17) is 0 Å². The van der Waals surface area contributed by atoms with E-state index >= 15 is 0 Å². The number of hydrogen-bond acceptors (Lipinski definition) is 6. The van der Waals surface area contributed by atoms with Gasteiger partial charge in [-0.3, -0.25) is 10.2 Å². The number of carbonyl (C=O) groups excluding carboxylic acids is 1. The highest BCUT2D eigenvalue weighted by atomic mass is 19.3. The molecule has 156 valence electrons. The first-order valence-electron chi connectivity index (χ1n) is 9.51. The van der Waals surface area contributed by atoms with Crippen molar-refractivity contribution in [3.8, 4) is 22.8 Å². The lowest BCUT2D eigenvalue weighted by molar-refractivity contribution is -0.286. The molecule has 3 aromatic rings. The number of hydrazine groups is 1. The fraction of sp³-hybridized carbons (Fsp3) is 0.300. The van der Waals surface area contributed by atoms with Crippen LogP contribution in [0.1, 0.15) is 13.8 Å². The number of aromatic nitrogens is 2. The molecule has 1 aromatic carbocycles. The van der Waals surface area contributed by atoms with E-state index in [-0.39, 0.29) is 35.4 Å². The van der Waals surface area contributed by atoms with Crippen LogP contribution in [0.2, 0.25) is 0 Å². The van der Waals surface area contributed by atoms with E-state index < -0.39 is 6.29 Å². The number of rotatable bonds is 3. The van der Waals surface area contributed by atoms with Gasteiger partial charge in [0, 0.05) is 17.0 Å². The summed E-state index contributed by atoms with van der Waals surface area (Å²) < 4.78 is 36.1. The zero-order valence-electron chi connectivity index (χ0n) is 16.1. The van der Waals surface area contributed by atoms with Crippen molar-refractivity contribution in [2.75, 3.05) is 5.32 Å². The molecule has 0 bridgehead atoms. The number of aromatic amines is 1. The van der Waals surface area contributed by atoms with Crippen LogP contribution in [0.4, 0.5) is 14.5 Å². The maximum absolute atomic E-state index is 13.5. The molecule has 3 atom stereocenters. The monoisotopic (exact) mass is 415 g/mol. The van der Waals surface area contributed by atoms with Crippen molar-refractivity contribution in [3.63, 3.8) is 0 Å². The maximum atomic E-state index is 13.5. The number of pyridine rings is 1. The summed E-state index contributed by atoms with van der Waals surface area (Å²) in [5.74, 6) is -0.102. The van der Waals surface area contributed by atoms with Crippen LogP contribution in [0, 0.1) is 5.92 Å². The second kappa shape index (κ2) is 6.64. The van der Waals surface area contributed by atoms with E-state index in [1.165, 1.54) is 6.07 Å². The van der Waals surface area contributed by atoms with E-state index in [9.17, 15) is 13.6 Å². The lowest BCUT2D eigenvalue weighted by Crippen LogP contribution is -2.41. The molecule has 2 aliphatic rings. The van der Waals surface area contributed by atoms with Gasteiger partial charge in [-0.25, -0.2) is 10.4 Å². The zero-order chi connectivity index (χ0) is 21.0. The van der Waals surface area contributed by atoms with Crippen LogP contribution in [0.3, 0.4) is 0 Å². The number of hydrogen-bond donors (Lipinski definition) is 4. The van der Waals surface area contributed by atoms with Crippen LogP contribution < -0.4 is 25.6 Å². The molecule has 0 saturated carbocycles. The Balaban J connectivity index is 1.42. The molecule has 1 fully saturated rings. The van der Waals surface area contributed by atoms with Gasteiger partial charge in [-0.1, -0.05) is 13.0 Å². The zero-order valence-corrected chi connectivity index (χ0v) is 16.1. The number of H-pyrrole nitrogens is 1. The van der Waals surface area contributed by atoms with Crippen molar-refractivity contribution in [1.82, 2.24) is 20.8 Å². The fourth-order valence-electron chi connectivity index (χ4n) is 3.71. The molecule has 4 heterocycles. The third-order valence-electron chi connectivity index (χ3n) is 5.52. The smallest absolute Gasteiger partial charge is 0.395 e. The van der Waals surface area contributed by atoms with E-state index in [2.05, 4.69) is 35.6 Å². The minimum Gasteiger partial charge on any atom is -0.395 e. The highest BCUT2D eigenvalue weighted by molar-refractivity contribution is 5.97. The molecule has 8 nitrogen and oxygen atoms in total. The second-order valence-electron chi connectivity index (χ2n) is 7.55. The van der Waals surface area contributed by atoms with Gasteiger partial charge in [-0.05, 0) is 37.1 Å². The van der Waals surface area contributed by atoms with Crippen molar-refractivity contribution >= 4 is 22.6 Å². The van der Waals surface area contributed by atoms with Crippen LogP contribution in [0.5, 0.6) is 11.5 Å². The van der Waals surface area contributed by atoms with Crippen molar-refractivity contribution in [2.24, 2.45) is 5.92 Å². The Morgan fingerprint density at radius 1 is 1.20 bits per heavy atom. The average Bonchev–Trinajstić information content (AvgIpc) is 3.35. The van der Waals surface area contributed by atoms with E-state index in [0.717, 1.165) is 0 Å². The predicted molar refractivity (Wildman–Crippen MR) is 105 cm³/mol. The molecule has 1 saturated heterocycles. The molecular weight excluding hydrogens is 396 g/mol. The normalized spacial score (nSPS) is 24.3. The Morgan fingerprint density at radius 3 is 2.80 bits per heavy atom. The largest absolute Gasteiger partial charge is 0.586 e. The van der Waals surface area contributed by atoms with E-state index in [1.807, 2.05) is 13.8 Å². The van der Waals surface area contributed by atoms with Crippen LogP contribution in [-0.4, -0.2) is 34.3 Å². The van der Waals surface area contributed by atoms with Gasteiger partial charge in [0.1, 0.15) is 11.7 Å². The molecule has 10 heteroatoms. The Morgan fingerprint density at radius 2 is 2.03 bits per heavy atom. The van der Waals surface area contributed by atoms with Gasteiger partial charge >= 0.3 is 6.29 Å². The number of nitrogens with zero attached hydrogens (tertiary/aromatic N) is 1. The Labute approximate surface area is 169 Å². The van der Waals surface area contributed by atoms with Crippen molar-refractivity contribution < 1.29 is 23.0 Å². The number of carbonyl (C=O) groups is 1. The third-order valence-corrected chi connectivity index (χ3v) is 5.52. The third kappa shape index (κ3) is 3.14. The lowest BCUT2D eigenvalue weighted by atomic mass is 9.97. The average molecular weight is 415 g/mol. The van der Waals surface area contributed by atoms with Gasteiger partial charge in [-0.2, -0.15) is 0 Å². The van der Waals surface area contributed by atoms with Crippen LogP contribution in [0.25, 0.3) is 22.3 Å². The molecular formula is C20H19F2N5O3. The summed E-state index contributed by atoms with van der Waals surface area (Å²) in [6.45, 7) is 4.00. The molecule has 0 aliphatic carbocycles. The van der Waals surface area contributed by atoms with Crippen LogP contribution >= 0.6 is 0 Å². The number of ether oxygens (including phenoxy) is 2. The molecule has 0 radical (unpaired) electrons. The first-order valence-corrected chi connectivity index (χ1v) is 9.51. The second-order valence-corrected chi connectivity index (χ2v) is 7.55. The van der Waals surface area contributed by atoms with Gasteiger partial charge in [0.2, 0.25) is 5.91 Å². The SMILES string of the molecule is CC1NNC(C(=O)Nc2cnc3[nH]c(-c4cccc5c4OC(F)(F)O5)cc3c2)C1C.